The lowest BCUT2D eigenvalue weighted by Gasteiger charge is -2.07. The molecule has 8 heteroatoms. The van der Waals surface area contributed by atoms with E-state index < -0.39 is 10.0 Å². The highest BCUT2D eigenvalue weighted by Gasteiger charge is 2.15. The molecule has 3 rings (SSSR count). The standard InChI is InChI=1S/C18H18BrN3O3S/c1-2-25-17-7-9-18(10-8-17)26(23,24)21-16-11-20-22(13-16)12-14-3-5-15(19)6-4-14/h3-11,13,21H,2,12H2,1H3. The van der Waals surface area contributed by atoms with Gasteiger partial charge in [-0.1, -0.05) is 28.1 Å². The van der Waals surface area contributed by atoms with Gasteiger partial charge in [0.1, 0.15) is 5.75 Å². The second-order valence-electron chi connectivity index (χ2n) is 5.56. The van der Waals surface area contributed by atoms with E-state index in [0.29, 0.717) is 24.6 Å². The van der Waals surface area contributed by atoms with Crippen LogP contribution < -0.4 is 9.46 Å². The Morgan fingerprint density at radius 3 is 2.46 bits per heavy atom. The summed E-state index contributed by atoms with van der Waals surface area (Å²) in [5.41, 5.74) is 1.48. The Hall–Kier alpha value is -2.32. The Labute approximate surface area is 161 Å². The summed E-state index contributed by atoms with van der Waals surface area (Å²) in [5, 5.41) is 4.21. The van der Waals surface area contributed by atoms with Gasteiger partial charge in [0.25, 0.3) is 10.0 Å². The summed E-state index contributed by atoms with van der Waals surface area (Å²) in [5.74, 6) is 0.633. The SMILES string of the molecule is CCOc1ccc(S(=O)(=O)Nc2cnn(Cc3ccc(Br)cc3)c2)cc1. The molecule has 136 valence electrons. The van der Waals surface area contributed by atoms with Crippen LogP contribution in [-0.2, 0) is 16.6 Å². The minimum Gasteiger partial charge on any atom is -0.494 e. The molecule has 1 heterocycles. The molecule has 3 aromatic rings. The number of anilines is 1. The molecule has 0 radical (unpaired) electrons. The number of sulfonamides is 1. The molecule has 0 saturated carbocycles. The molecule has 0 amide bonds. The van der Waals surface area contributed by atoms with Gasteiger partial charge >= 0.3 is 0 Å². The van der Waals surface area contributed by atoms with Crippen molar-refractivity contribution in [3.8, 4) is 5.75 Å². The molecule has 0 bridgehead atoms. The quantitative estimate of drug-likeness (QED) is 0.610. The number of ether oxygens (including phenoxy) is 1. The van der Waals surface area contributed by atoms with Crippen molar-refractivity contribution in [2.75, 3.05) is 11.3 Å². The van der Waals surface area contributed by atoms with Gasteiger partial charge in [0.2, 0.25) is 0 Å². The predicted octanol–water partition coefficient (Wildman–Crippen LogP) is 3.89. The Balaban J connectivity index is 1.70. The summed E-state index contributed by atoms with van der Waals surface area (Å²) in [7, 11) is -3.68. The van der Waals surface area contributed by atoms with Gasteiger partial charge in [0, 0.05) is 10.7 Å². The van der Waals surface area contributed by atoms with E-state index in [-0.39, 0.29) is 4.90 Å². The number of hydrogen-bond acceptors (Lipinski definition) is 4. The fourth-order valence-corrected chi connectivity index (χ4v) is 3.67. The van der Waals surface area contributed by atoms with Gasteiger partial charge in [-0.05, 0) is 48.9 Å². The van der Waals surface area contributed by atoms with E-state index in [1.54, 1.807) is 23.0 Å². The van der Waals surface area contributed by atoms with Crippen molar-refractivity contribution in [1.82, 2.24) is 9.78 Å². The van der Waals surface area contributed by atoms with Crippen LogP contribution in [0.3, 0.4) is 0 Å². The lowest BCUT2D eigenvalue weighted by Crippen LogP contribution is -2.12. The molecule has 1 N–H and O–H groups in total. The zero-order valence-electron chi connectivity index (χ0n) is 14.1. The van der Waals surface area contributed by atoms with Crippen LogP contribution in [0.15, 0.2) is 70.3 Å². The number of nitrogens with one attached hydrogen (secondary N) is 1. The Morgan fingerprint density at radius 1 is 1.12 bits per heavy atom. The van der Waals surface area contributed by atoms with Gasteiger partial charge in [0.15, 0.2) is 0 Å². The van der Waals surface area contributed by atoms with Crippen LogP contribution >= 0.6 is 15.9 Å². The summed E-state index contributed by atoms with van der Waals surface area (Å²) in [6, 6.07) is 14.2. The first-order valence-electron chi connectivity index (χ1n) is 7.99. The van der Waals surface area contributed by atoms with Crippen molar-refractivity contribution in [2.45, 2.75) is 18.4 Å². The molecule has 0 fully saturated rings. The van der Waals surface area contributed by atoms with E-state index >= 15 is 0 Å². The van der Waals surface area contributed by atoms with Gasteiger partial charge in [0.05, 0.1) is 29.9 Å². The van der Waals surface area contributed by atoms with Crippen molar-refractivity contribution in [3.63, 3.8) is 0 Å². The van der Waals surface area contributed by atoms with E-state index in [0.717, 1.165) is 10.0 Å². The highest BCUT2D eigenvalue weighted by atomic mass is 79.9. The number of rotatable bonds is 7. The fraction of sp³-hybridized carbons (Fsp3) is 0.167. The van der Waals surface area contributed by atoms with Crippen LogP contribution in [0.2, 0.25) is 0 Å². The summed E-state index contributed by atoms with van der Waals surface area (Å²) in [6.45, 7) is 2.96. The minimum atomic E-state index is -3.68. The molecular weight excluding hydrogens is 418 g/mol. The van der Waals surface area contributed by atoms with Crippen molar-refractivity contribution in [3.05, 3.63) is 71.0 Å². The summed E-state index contributed by atoms with van der Waals surface area (Å²) >= 11 is 3.40. The molecule has 0 saturated heterocycles. The molecule has 6 nitrogen and oxygen atoms in total. The highest BCUT2D eigenvalue weighted by molar-refractivity contribution is 9.10. The minimum absolute atomic E-state index is 0.168. The first kappa shape index (κ1) is 18.5. The van der Waals surface area contributed by atoms with Crippen molar-refractivity contribution >= 4 is 31.6 Å². The van der Waals surface area contributed by atoms with Crippen LogP contribution in [0.5, 0.6) is 5.75 Å². The molecule has 1 aromatic heterocycles. The van der Waals surface area contributed by atoms with E-state index in [9.17, 15) is 8.42 Å². The Bertz CT molecular complexity index is 968. The van der Waals surface area contributed by atoms with Crippen LogP contribution in [0.25, 0.3) is 0 Å². The number of nitrogens with zero attached hydrogens (tertiary/aromatic N) is 2. The van der Waals surface area contributed by atoms with Crippen LogP contribution in [-0.4, -0.2) is 24.8 Å². The monoisotopic (exact) mass is 435 g/mol. The van der Waals surface area contributed by atoms with Gasteiger partial charge in [-0.25, -0.2) is 8.42 Å². The smallest absolute Gasteiger partial charge is 0.261 e. The van der Waals surface area contributed by atoms with E-state index in [1.807, 2.05) is 31.2 Å². The molecule has 0 aliphatic rings. The van der Waals surface area contributed by atoms with E-state index in [4.69, 9.17) is 4.74 Å². The zero-order valence-corrected chi connectivity index (χ0v) is 16.5. The fourth-order valence-electron chi connectivity index (χ4n) is 2.38. The normalized spacial score (nSPS) is 11.3. The first-order chi connectivity index (χ1) is 12.5. The third kappa shape index (κ3) is 4.64. The maximum atomic E-state index is 12.5. The average molecular weight is 436 g/mol. The van der Waals surface area contributed by atoms with Crippen molar-refractivity contribution < 1.29 is 13.2 Å². The molecule has 0 spiro atoms. The van der Waals surface area contributed by atoms with E-state index in [2.05, 4.69) is 25.8 Å². The third-order valence-electron chi connectivity index (χ3n) is 3.59. The van der Waals surface area contributed by atoms with Crippen LogP contribution in [0.1, 0.15) is 12.5 Å². The highest BCUT2D eigenvalue weighted by Crippen LogP contribution is 2.19. The third-order valence-corrected chi connectivity index (χ3v) is 5.51. The second kappa shape index (κ2) is 7.92. The first-order valence-corrected chi connectivity index (χ1v) is 10.3. The molecular formula is C18H18BrN3O3S. The number of aromatic nitrogens is 2. The van der Waals surface area contributed by atoms with Crippen molar-refractivity contribution in [2.24, 2.45) is 0 Å². The number of hydrogen-bond donors (Lipinski definition) is 1. The van der Waals surface area contributed by atoms with Crippen molar-refractivity contribution in [1.29, 1.82) is 0 Å². The lowest BCUT2D eigenvalue weighted by molar-refractivity contribution is 0.340. The van der Waals surface area contributed by atoms with Gasteiger partial charge in [-0.3, -0.25) is 9.40 Å². The van der Waals surface area contributed by atoms with Crippen LogP contribution in [0, 0.1) is 0 Å². The zero-order chi connectivity index (χ0) is 18.6. The summed E-state index contributed by atoms with van der Waals surface area (Å²) in [4.78, 5) is 0.168. The van der Waals surface area contributed by atoms with Gasteiger partial charge < -0.3 is 4.74 Å². The van der Waals surface area contributed by atoms with Gasteiger partial charge in [-0.15, -0.1) is 0 Å². The molecule has 0 aliphatic heterocycles. The average Bonchev–Trinajstić information content (AvgIpc) is 3.04. The molecule has 2 aromatic carbocycles. The lowest BCUT2D eigenvalue weighted by atomic mass is 10.2. The summed E-state index contributed by atoms with van der Waals surface area (Å²) < 4.78 is 35.5. The molecule has 0 atom stereocenters. The maximum absolute atomic E-state index is 12.5. The predicted molar refractivity (Wildman–Crippen MR) is 104 cm³/mol. The largest absolute Gasteiger partial charge is 0.494 e. The molecule has 0 unspecified atom stereocenters. The summed E-state index contributed by atoms with van der Waals surface area (Å²) in [6.07, 6.45) is 3.15. The maximum Gasteiger partial charge on any atom is 0.261 e. The molecule has 0 aliphatic carbocycles. The van der Waals surface area contributed by atoms with Crippen LogP contribution in [0.4, 0.5) is 5.69 Å². The Kier molecular flexibility index (Phi) is 5.63. The topological polar surface area (TPSA) is 73.2 Å². The van der Waals surface area contributed by atoms with Gasteiger partial charge in [-0.2, -0.15) is 5.10 Å². The second-order valence-corrected chi connectivity index (χ2v) is 8.16. The molecule has 26 heavy (non-hydrogen) atoms. The van der Waals surface area contributed by atoms with E-state index in [1.165, 1.54) is 18.3 Å². The number of benzene rings is 2. The number of halogens is 1. The Morgan fingerprint density at radius 2 is 1.81 bits per heavy atom.